The topological polar surface area (TPSA) is 318 Å². The molecule has 0 bridgehead atoms. The minimum Gasteiger partial charge on any atom is -0.545 e. The van der Waals surface area contributed by atoms with Crippen molar-refractivity contribution < 1.29 is 285 Å². The van der Waals surface area contributed by atoms with Crippen LogP contribution >= 0.6 is 0 Å². The average molecular weight is 1070 g/mol. The summed E-state index contributed by atoms with van der Waals surface area (Å²) in [4.78, 5) is 91.1. The maximum atomic E-state index is 11.3. The fraction of sp³-hybridized carbons (Fsp3) is 0. The molecule has 0 radical (unpaired) electrons. The zero-order chi connectivity index (χ0) is 39.1. The van der Waals surface area contributed by atoms with E-state index in [9.17, 15) is 59.4 Å². The zero-order valence-corrected chi connectivity index (χ0v) is 46.2. The summed E-state index contributed by atoms with van der Waals surface area (Å²) < 4.78 is 0. The third-order valence-corrected chi connectivity index (χ3v) is 7.15. The summed E-state index contributed by atoms with van der Waals surface area (Å²) in [5.41, 5.74) is -0.732. The molecule has 0 fully saturated rings. The summed E-state index contributed by atoms with van der Waals surface area (Å²) in [6.45, 7) is 0. The monoisotopic (exact) mass is 1070 g/mol. The first-order chi connectivity index (χ1) is 25.7. The van der Waals surface area contributed by atoms with Gasteiger partial charge in [0.1, 0.15) is 0 Å². The Morgan fingerprint density at radius 3 is 0.644 bits per heavy atom. The summed E-state index contributed by atoms with van der Waals surface area (Å²) in [5, 5.41) is 66.7. The molecule has 274 valence electrons. The Morgan fingerprint density at radius 2 is 0.475 bits per heavy atom. The molecule has 0 aliphatic rings. The Balaban J connectivity index is 0.00000105. The van der Waals surface area contributed by atoms with Crippen molar-refractivity contribution in [1.29, 1.82) is 0 Å². The molecular weight excluding hydrogens is 1060 g/mol. The number of pyridine rings is 6. The number of carboxylic acid groups (broad SMARTS) is 6. The van der Waals surface area contributed by atoms with Crippen LogP contribution in [0.3, 0.4) is 0 Å². The molecule has 6 aromatic heterocycles. The molecule has 6 heterocycles. The van der Waals surface area contributed by atoms with Crippen LogP contribution in [0.4, 0.5) is 0 Å². The number of carbonyl (C=O) groups excluding carboxylic acids is 6. The molecule has 0 saturated heterocycles. The number of carbonyl (C=O) groups is 6. The molecule has 0 aliphatic carbocycles. The van der Waals surface area contributed by atoms with Gasteiger partial charge in [-0.2, -0.15) is 0 Å². The van der Waals surface area contributed by atoms with Gasteiger partial charge in [-0.25, -0.2) is 9.97 Å². The van der Waals surface area contributed by atoms with Crippen LogP contribution in [-0.2, 0) is 19.8 Å². The third kappa shape index (κ3) is 16.2. The van der Waals surface area contributed by atoms with E-state index in [1.165, 1.54) is 73.3 Å². The Hall–Kier alpha value is -1.10. The molecule has 6 aromatic rings. The first kappa shape index (κ1) is 57.9. The van der Waals surface area contributed by atoms with E-state index in [2.05, 4.69) is 29.9 Å². The summed E-state index contributed by atoms with van der Waals surface area (Å²) >= 11 is 0. The standard InChI is InChI=1S/2C18H11N3O6.4K.Os/c2*22-16(23)9-1-3-19-12(5-9)14-7-11(18(26)27)8-15(21-14)13-6-10(17(24)25)2-4-20-13;;;;;/h2*1-8H,(H,22,23)(H,24,25)(H,26,27);;;;;/q;;4*+1;+2/p-6. The van der Waals surface area contributed by atoms with Crippen LogP contribution in [0.2, 0.25) is 0 Å². The summed E-state index contributed by atoms with van der Waals surface area (Å²) in [5.74, 6) is -8.74. The fourth-order valence-electron chi connectivity index (χ4n) is 4.61. The molecular formula is C36H16K4N6O12Os. The van der Waals surface area contributed by atoms with Crippen molar-refractivity contribution in [3.05, 3.63) is 131 Å². The van der Waals surface area contributed by atoms with Gasteiger partial charge in [0.25, 0.3) is 0 Å². The fourth-order valence-corrected chi connectivity index (χ4v) is 4.61. The first-order valence-electron chi connectivity index (χ1n) is 14.9. The van der Waals surface area contributed by atoms with E-state index in [0.717, 1.165) is 24.3 Å². The second kappa shape index (κ2) is 27.2. The van der Waals surface area contributed by atoms with Crippen molar-refractivity contribution in [3.8, 4) is 45.6 Å². The van der Waals surface area contributed by atoms with Gasteiger partial charge in [-0.3, -0.25) is 19.9 Å². The maximum Gasteiger partial charge on any atom is 2.00 e. The Kier molecular flexibility index (Phi) is 26.7. The van der Waals surface area contributed by atoms with Crippen LogP contribution in [-0.4, -0.2) is 65.7 Å². The van der Waals surface area contributed by atoms with E-state index >= 15 is 0 Å². The van der Waals surface area contributed by atoms with Gasteiger partial charge in [-0.1, -0.05) is 0 Å². The Labute approximate surface area is 516 Å². The van der Waals surface area contributed by atoms with E-state index in [-0.39, 0.29) is 304 Å². The van der Waals surface area contributed by atoms with Gasteiger partial charge < -0.3 is 59.4 Å². The molecule has 0 atom stereocenters. The van der Waals surface area contributed by atoms with Crippen LogP contribution < -0.4 is 236 Å². The second-order valence-electron chi connectivity index (χ2n) is 10.7. The number of carboxylic acids is 6. The predicted octanol–water partition coefficient (Wildman–Crippen LogP) is -15.4. The third-order valence-electron chi connectivity index (χ3n) is 7.15. The molecule has 0 amide bonds. The van der Waals surface area contributed by atoms with Crippen LogP contribution in [0.15, 0.2) is 97.6 Å². The van der Waals surface area contributed by atoms with Gasteiger partial charge in [0.05, 0.1) is 81.4 Å². The van der Waals surface area contributed by atoms with Gasteiger partial charge in [-0.05, 0) is 72.8 Å². The minimum atomic E-state index is -1.51. The molecule has 0 aromatic carbocycles. The molecule has 23 heteroatoms. The van der Waals surface area contributed by atoms with Gasteiger partial charge in [0, 0.05) is 58.2 Å². The van der Waals surface area contributed by atoms with E-state index in [4.69, 9.17) is 0 Å². The largest absolute Gasteiger partial charge is 2.00 e. The average Bonchev–Trinajstić information content (AvgIpc) is 3.17. The molecule has 0 spiro atoms. The quantitative estimate of drug-likeness (QED) is 0.115. The number of hydrogen-bond acceptors (Lipinski definition) is 18. The number of hydrogen-bond donors (Lipinski definition) is 0. The zero-order valence-electron chi connectivity index (χ0n) is 31.2. The molecule has 18 nitrogen and oxygen atoms in total. The smallest absolute Gasteiger partial charge is 0.545 e. The number of aromatic nitrogens is 6. The molecule has 6 rings (SSSR count). The summed E-state index contributed by atoms with van der Waals surface area (Å²) in [7, 11) is 0. The van der Waals surface area contributed by atoms with Crippen molar-refractivity contribution in [2.24, 2.45) is 0 Å². The summed E-state index contributed by atoms with van der Waals surface area (Å²) in [6.07, 6.45) is 4.84. The molecule has 0 unspecified atom stereocenters. The van der Waals surface area contributed by atoms with Crippen LogP contribution in [0.1, 0.15) is 62.1 Å². The van der Waals surface area contributed by atoms with Crippen LogP contribution in [0.25, 0.3) is 45.6 Å². The van der Waals surface area contributed by atoms with Crippen LogP contribution in [0.5, 0.6) is 0 Å². The minimum absolute atomic E-state index is 0. The van der Waals surface area contributed by atoms with E-state index < -0.39 is 35.8 Å². The molecule has 0 N–H and O–H groups in total. The van der Waals surface area contributed by atoms with Gasteiger partial charge in [0.2, 0.25) is 0 Å². The first-order valence-corrected chi connectivity index (χ1v) is 14.9. The summed E-state index contributed by atoms with van der Waals surface area (Å²) in [6, 6.07) is 14.2. The number of aromatic carboxylic acids is 6. The number of nitrogens with zero attached hydrogens (tertiary/aromatic N) is 6. The SMILES string of the molecule is O=C([O-])c1ccnc(-c2cc(C(=O)[O-])cc(-c3cc(C(=O)[O-])ccn3)n2)c1.O=C([O-])c1ccnc(-c2cc(C(=O)[O-])cc(-c3cc(C(=O)[O-])ccn3)n2)c1.[K+].[K+].[K+].[K+].[Os+2]. The van der Waals surface area contributed by atoms with Crippen molar-refractivity contribution in [1.82, 2.24) is 29.9 Å². The number of rotatable bonds is 10. The molecule has 59 heavy (non-hydrogen) atoms. The second-order valence-corrected chi connectivity index (χ2v) is 10.7. The van der Waals surface area contributed by atoms with Gasteiger partial charge in [0.15, 0.2) is 0 Å². The Bertz CT molecular complexity index is 2210. The van der Waals surface area contributed by atoms with E-state index in [0.29, 0.717) is 0 Å². The Morgan fingerprint density at radius 1 is 0.305 bits per heavy atom. The van der Waals surface area contributed by atoms with Gasteiger partial charge in [-0.15, -0.1) is 0 Å². The van der Waals surface area contributed by atoms with Crippen molar-refractivity contribution in [2.45, 2.75) is 0 Å². The normalized spacial score (nSPS) is 9.49. The maximum absolute atomic E-state index is 11.3. The van der Waals surface area contributed by atoms with Crippen molar-refractivity contribution in [2.75, 3.05) is 0 Å². The van der Waals surface area contributed by atoms with Gasteiger partial charge >= 0.3 is 225 Å². The molecule has 0 aliphatic heterocycles. The van der Waals surface area contributed by atoms with Crippen molar-refractivity contribution in [3.63, 3.8) is 0 Å². The molecule has 0 saturated carbocycles. The predicted molar refractivity (Wildman–Crippen MR) is 167 cm³/mol. The van der Waals surface area contributed by atoms with E-state index in [1.807, 2.05) is 0 Å². The van der Waals surface area contributed by atoms with E-state index in [1.54, 1.807) is 0 Å². The van der Waals surface area contributed by atoms with Crippen molar-refractivity contribution >= 4 is 35.8 Å². The van der Waals surface area contributed by atoms with Crippen LogP contribution in [0, 0.1) is 0 Å².